The SMILES string of the molecule is CC(C)(C)[Si](C)(C)OCCC[C@@H]1C[C@H]1c1ccccc1Br. The van der Waals surface area contributed by atoms with E-state index in [1.807, 2.05) is 0 Å². The van der Waals surface area contributed by atoms with Gasteiger partial charge in [-0.1, -0.05) is 54.9 Å². The van der Waals surface area contributed by atoms with Crippen LogP contribution in [-0.4, -0.2) is 14.9 Å². The Morgan fingerprint density at radius 3 is 2.52 bits per heavy atom. The van der Waals surface area contributed by atoms with Crippen LogP contribution in [0.15, 0.2) is 28.7 Å². The van der Waals surface area contributed by atoms with Crippen LogP contribution in [0.25, 0.3) is 0 Å². The molecule has 0 bridgehead atoms. The summed E-state index contributed by atoms with van der Waals surface area (Å²) in [7, 11) is -1.55. The van der Waals surface area contributed by atoms with Gasteiger partial charge in [-0.15, -0.1) is 0 Å². The van der Waals surface area contributed by atoms with Gasteiger partial charge in [0.15, 0.2) is 8.32 Å². The molecule has 3 heteroatoms. The van der Waals surface area contributed by atoms with Gasteiger partial charge in [-0.05, 0) is 60.9 Å². The number of benzene rings is 1. The van der Waals surface area contributed by atoms with Gasteiger partial charge in [0.25, 0.3) is 0 Å². The van der Waals surface area contributed by atoms with Crippen molar-refractivity contribution >= 4 is 24.2 Å². The highest BCUT2D eigenvalue weighted by Crippen LogP contribution is 2.51. The molecule has 1 saturated carbocycles. The van der Waals surface area contributed by atoms with Crippen LogP contribution in [0.4, 0.5) is 0 Å². The maximum Gasteiger partial charge on any atom is 0.191 e. The summed E-state index contributed by atoms with van der Waals surface area (Å²) in [5, 5.41) is 0.323. The summed E-state index contributed by atoms with van der Waals surface area (Å²) in [5.41, 5.74) is 1.49. The van der Waals surface area contributed by atoms with E-state index in [1.165, 1.54) is 29.3 Å². The van der Waals surface area contributed by atoms with Crippen molar-refractivity contribution < 1.29 is 4.43 Å². The van der Waals surface area contributed by atoms with E-state index in [0.29, 0.717) is 5.04 Å². The molecule has 1 aromatic rings. The molecule has 118 valence electrons. The third-order valence-corrected chi connectivity index (χ3v) is 10.5. The van der Waals surface area contributed by atoms with Crippen LogP contribution in [0.5, 0.6) is 0 Å². The second kappa shape index (κ2) is 6.55. The van der Waals surface area contributed by atoms with Crippen molar-refractivity contribution in [3.8, 4) is 0 Å². The van der Waals surface area contributed by atoms with Crippen molar-refractivity contribution in [2.75, 3.05) is 6.61 Å². The Labute approximate surface area is 139 Å². The number of hydrogen-bond donors (Lipinski definition) is 0. The van der Waals surface area contributed by atoms with E-state index in [9.17, 15) is 0 Å². The molecule has 0 saturated heterocycles. The van der Waals surface area contributed by atoms with Gasteiger partial charge >= 0.3 is 0 Å². The van der Waals surface area contributed by atoms with Gasteiger partial charge < -0.3 is 4.43 Å². The summed E-state index contributed by atoms with van der Waals surface area (Å²) in [5.74, 6) is 1.64. The second-order valence-corrected chi connectivity index (χ2v) is 13.5. The fraction of sp³-hybridized carbons (Fsp3) is 0.667. The molecule has 0 aromatic heterocycles. The Morgan fingerprint density at radius 2 is 1.90 bits per heavy atom. The van der Waals surface area contributed by atoms with Crippen molar-refractivity contribution in [1.82, 2.24) is 0 Å². The third kappa shape index (κ3) is 4.43. The third-order valence-electron chi connectivity index (χ3n) is 5.22. The lowest BCUT2D eigenvalue weighted by atomic mass is 10.1. The predicted octanol–water partition coefficient (Wildman–Crippen LogP) is 6.35. The zero-order valence-corrected chi connectivity index (χ0v) is 16.7. The number of hydrogen-bond acceptors (Lipinski definition) is 1. The normalized spacial score (nSPS) is 22.4. The molecule has 1 aromatic carbocycles. The van der Waals surface area contributed by atoms with Gasteiger partial charge in [0, 0.05) is 11.1 Å². The van der Waals surface area contributed by atoms with Gasteiger partial charge in [0.2, 0.25) is 0 Å². The molecule has 0 unspecified atom stereocenters. The lowest BCUT2D eigenvalue weighted by Gasteiger charge is -2.36. The first-order valence-corrected chi connectivity index (χ1v) is 11.8. The van der Waals surface area contributed by atoms with E-state index in [1.54, 1.807) is 0 Å². The zero-order valence-electron chi connectivity index (χ0n) is 14.1. The smallest absolute Gasteiger partial charge is 0.191 e. The number of halogens is 1. The van der Waals surface area contributed by atoms with Gasteiger partial charge in [-0.3, -0.25) is 0 Å². The van der Waals surface area contributed by atoms with Crippen molar-refractivity contribution in [2.24, 2.45) is 5.92 Å². The maximum absolute atomic E-state index is 6.27. The fourth-order valence-electron chi connectivity index (χ4n) is 2.61. The molecule has 0 radical (unpaired) electrons. The van der Waals surface area contributed by atoms with Crippen LogP contribution in [0.3, 0.4) is 0 Å². The quantitative estimate of drug-likeness (QED) is 0.419. The summed E-state index contributed by atoms with van der Waals surface area (Å²) < 4.78 is 7.54. The van der Waals surface area contributed by atoms with E-state index < -0.39 is 8.32 Å². The molecule has 1 fully saturated rings. The number of rotatable bonds is 6. The molecule has 0 heterocycles. The van der Waals surface area contributed by atoms with E-state index in [4.69, 9.17) is 4.43 Å². The highest BCUT2D eigenvalue weighted by molar-refractivity contribution is 9.10. The Balaban J connectivity index is 1.72. The van der Waals surface area contributed by atoms with Gasteiger partial charge in [0.05, 0.1) is 0 Å². The molecular formula is C18H29BrOSi. The second-order valence-electron chi connectivity index (χ2n) is 7.87. The molecular weight excluding hydrogens is 340 g/mol. The average Bonchev–Trinajstić information content (AvgIpc) is 3.13. The Hall–Kier alpha value is -0.123. The molecule has 0 spiro atoms. The van der Waals surface area contributed by atoms with Crippen LogP contribution >= 0.6 is 15.9 Å². The minimum Gasteiger partial charge on any atom is -0.417 e. The van der Waals surface area contributed by atoms with E-state index in [-0.39, 0.29) is 0 Å². The first-order chi connectivity index (χ1) is 9.72. The van der Waals surface area contributed by atoms with E-state index in [2.05, 4.69) is 74.1 Å². The Morgan fingerprint density at radius 1 is 1.24 bits per heavy atom. The Bertz CT molecular complexity index is 478. The van der Waals surface area contributed by atoms with Crippen LogP contribution in [-0.2, 0) is 4.43 Å². The molecule has 21 heavy (non-hydrogen) atoms. The fourth-order valence-corrected chi connectivity index (χ4v) is 4.28. The minimum atomic E-state index is -1.55. The molecule has 2 rings (SSSR count). The summed E-state index contributed by atoms with van der Waals surface area (Å²) in [6.45, 7) is 12.5. The maximum atomic E-state index is 6.27. The minimum absolute atomic E-state index is 0.323. The van der Waals surface area contributed by atoms with Crippen LogP contribution < -0.4 is 0 Å². The summed E-state index contributed by atoms with van der Waals surface area (Å²) in [4.78, 5) is 0. The summed E-state index contributed by atoms with van der Waals surface area (Å²) in [6.07, 6.45) is 3.86. The molecule has 0 amide bonds. The van der Waals surface area contributed by atoms with Crippen molar-refractivity contribution in [3.63, 3.8) is 0 Å². The highest BCUT2D eigenvalue weighted by Gasteiger charge is 2.39. The monoisotopic (exact) mass is 368 g/mol. The average molecular weight is 369 g/mol. The van der Waals surface area contributed by atoms with Gasteiger partial charge in [-0.2, -0.15) is 0 Å². The highest BCUT2D eigenvalue weighted by atomic mass is 79.9. The molecule has 1 aliphatic carbocycles. The molecule has 1 aliphatic rings. The first kappa shape index (κ1) is 17.2. The van der Waals surface area contributed by atoms with Crippen LogP contribution in [0.1, 0.15) is 51.5 Å². The van der Waals surface area contributed by atoms with Crippen LogP contribution in [0, 0.1) is 5.92 Å². The molecule has 1 nitrogen and oxygen atoms in total. The zero-order chi connectivity index (χ0) is 15.7. The van der Waals surface area contributed by atoms with Gasteiger partial charge in [-0.25, -0.2) is 0 Å². The summed E-state index contributed by atoms with van der Waals surface area (Å²) >= 11 is 3.67. The lowest BCUT2D eigenvalue weighted by Crippen LogP contribution is -2.40. The largest absolute Gasteiger partial charge is 0.417 e. The van der Waals surface area contributed by atoms with E-state index >= 15 is 0 Å². The van der Waals surface area contributed by atoms with Crippen LogP contribution in [0.2, 0.25) is 18.1 Å². The molecule has 0 N–H and O–H groups in total. The van der Waals surface area contributed by atoms with E-state index in [0.717, 1.165) is 18.4 Å². The topological polar surface area (TPSA) is 9.23 Å². The first-order valence-electron chi connectivity index (χ1n) is 8.11. The standard InChI is InChI=1S/C18H29BrOSi/c1-18(2,3)21(4,5)20-12-8-9-14-13-16(14)15-10-6-7-11-17(15)19/h6-7,10-11,14,16H,8-9,12-13H2,1-5H3/t14-,16-/m1/s1. The molecule has 0 aliphatic heterocycles. The van der Waals surface area contributed by atoms with Crippen molar-refractivity contribution in [3.05, 3.63) is 34.3 Å². The Kier molecular flexibility index (Phi) is 5.38. The van der Waals surface area contributed by atoms with Gasteiger partial charge in [0.1, 0.15) is 0 Å². The predicted molar refractivity (Wildman–Crippen MR) is 97.4 cm³/mol. The van der Waals surface area contributed by atoms with Crippen molar-refractivity contribution in [2.45, 2.75) is 64.1 Å². The summed E-state index contributed by atoms with van der Waals surface area (Å²) in [6, 6.07) is 8.67. The molecule has 2 atom stereocenters. The van der Waals surface area contributed by atoms with Crippen molar-refractivity contribution in [1.29, 1.82) is 0 Å². The lowest BCUT2D eigenvalue weighted by molar-refractivity contribution is 0.276.